The van der Waals surface area contributed by atoms with E-state index < -0.39 is 0 Å². The summed E-state index contributed by atoms with van der Waals surface area (Å²) in [6.45, 7) is 7.21. The van der Waals surface area contributed by atoms with Crippen molar-refractivity contribution in [2.24, 2.45) is 0 Å². The van der Waals surface area contributed by atoms with Gasteiger partial charge in [-0.3, -0.25) is 0 Å². The van der Waals surface area contributed by atoms with Crippen LogP contribution < -0.4 is 0 Å². The van der Waals surface area contributed by atoms with Gasteiger partial charge in [-0.2, -0.15) is 0 Å². The van der Waals surface area contributed by atoms with Crippen LogP contribution in [-0.2, 0) is 9.47 Å². The summed E-state index contributed by atoms with van der Waals surface area (Å²) in [5.74, 6) is -0.241. The number of hydrogen-bond acceptors (Lipinski definition) is 2. The molecule has 1 aliphatic rings. The molecular weight excluding hydrogens is 164 g/mol. The van der Waals surface area contributed by atoms with E-state index in [0.29, 0.717) is 0 Å². The molecule has 1 fully saturated rings. The predicted octanol–water partition coefficient (Wildman–Crippen LogP) is 3.11. The van der Waals surface area contributed by atoms with Crippen LogP contribution in [0.3, 0.4) is 0 Å². The maximum atomic E-state index is 5.82. The van der Waals surface area contributed by atoms with E-state index in [1.54, 1.807) is 0 Å². The average molecular weight is 186 g/mol. The molecule has 0 aliphatic carbocycles. The molecule has 0 spiro atoms. The van der Waals surface area contributed by atoms with Crippen LogP contribution in [0.15, 0.2) is 0 Å². The highest BCUT2D eigenvalue weighted by atomic mass is 16.7. The van der Waals surface area contributed by atoms with E-state index >= 15 is 0 Å². The van der Waals surface area contributed by atoms with Gasteiger partial charge in [0.05, 0.1) is 12.7 Å². The fourth-order valence-corrected chi connectivity index (χ4v) is 1.84. The molecule has 0 amide bonds. The molecular formula is C11H22O2. The highest BCUT2D eigenvalue weighted by Crippen LogP contribution is 2.31. The molecule has 2 nitrogen and oxygen atoms in total. The van der Waals surface area contributed by atoms with Crippen LogP contribution in [0.25, 0.3) is 0 Å². The zero-order chi connectivity index (χ0) is 9.73. The van der Waals surface area contributed by atoms with Crippen LogP contribution in [-0.4, -0.2) is 18.5 Å². The van der Waals surface area contributed by atoms with Gasteiger partial charge in [0.1, 0.15) is 0 Å². The fraction of sp³-hybridized carbons (Fsp3) is 1.00. The molecule has 0 aromatic rings. The van der Waals surface area contributed by atoms with E-state index in [-0.39, 0.29) is 11.9 Å². The van der Waals surface area contributed by atoms with Crippen LogP contribution in [0.4, 0.5) is 0 Å². The first-order valence-electron chi connectivity index (χ1n) is 5.54. The normalized spacial score (nSPS) is 33.9. The van der Waals surface area contributed by atoms with Crippen LogP contribution >= 0.6 is 0 Å². The summed E-state index contributed by atoms with van der Waals surface area (Å²) in [6.07, 6.45) is 6.07. The second-order valence-electron chi connectivity index (χ2n) is 3.96. The molecule has 2 heteroatoms. The third-order valence-electron chi connectivity index (χ3n) is 2.70. The summed E-state index contributed by atoms with van der Waals surface area (Å²) in [7, 11) is 0. The fourth-order valence-electron chi connectivity index (χ4n) is 1.84. The molecule has 0 N–H and O–H groups in total. The summed E-state index contributed by atoms with van der Waals surface area (Å²) < 4.78 is 11.5. The minimum absolute atomic E-state index is 0.241. The largest absolute Gasteiger partial charge is 0.347 e. The second kappa shape index (κ2) is 4.97. The zero-order valence-corrected chi connectivity index (χ0v) is 9.14. The van der Waals surface area contributed by atoms with Crippen molar-refractivity contribution in [2.75, 3.05) is 6.61 Å². The van der Waals surface area contributed by atoms with Crippen molar-refractivity contribution < 1.29 is 9.47 Å². The van der Waals surface area contributed by atoms with Gasteiger partial charge in [0, 0.05) is 6.42 Å². The maximum absolute atomic E-state index is 5.82. The highest BCUT2D eigenvalue weighted by Gasteiger charge is 2.37. The van der Waals surface area contributed by atoms with Gasteiger partial charge in [0.15, 0.2) is 5.79 Å². The lowest BCUT2D eigenvalue weighted by molar-refractivity contribution is -0.173. The van der Waals surface area contributed by atoms with Gasteiger partial charge in [0.25, 0.3) is 0 Å². The van der Waals surface area contributed by atoms with Gasteiger partial charge in [-0.05, 0) is 19.8 Å². The van der Waals surface area contributed by atoms with E-state index in [1.165, 1.54) is 19.3 Å². The van der Waals surface area contributed by atoms with Gasteiger partial charge in [-0.25, -0.2) is 0 Å². The standard InChI is InChI=1S/C11H22O2/c1-4-6-7-8-11(5-2)12-9-10(3)13-11/h10H,4-9H2,1-3H3. The third-order valence-corrected chi connectivity index (χ3v) is 2.70. The van der Waals surface area contributed by atoms with E-state index in [1.807, 2.05) is 0 Å². The van der Waals surface area contributed by atoms with Crippen molar-refractivity contribution in [1.29, 1.82) is 0 Å². The predicted molar refractivity (Wildman–Crippen MR) is 53.7 cm³/mol. The Morgan fingerprint density at radius 1 is 1.31 bits per heavy atom. The Morgan fingerprint density at radius 3 is 2.54 bits per heavy atom. The molecule has 2 unspecified atom stereocenters. The van der Waals surface area contributed by atoms with E-state index in [4.69, 9.17) is 9.47 Å². The lowest BCUT2D eigenvalue weighted by Crippen LogP contribution is -2.29. The van der Waals surface area contributed by atoms with Crippen LogP contribution in [0.1, 0.15) is 52.9 Å². The first-order chi connectivity index (χ1) is 6.22. The molecule has 1 aliphatic heterocycles. The maximum Gasteiger partial charge on any atom is 0.168 e. The van der Waals surface area contributed by atoms with Crippen molar-refractivity contribution >= 4 is 0 Å². The molecule has 1 saturated heterocycles. The van der Waals surface area contributed by atoms with Crippen LogP contribution in [0.2, 0.25) is 0 Å². The van der Waals surface area contributed by atoms with Gasteiger partial charge < -0.3 is 9.47 Å². The molecule has 0 bridgehead atoms. The molecule has 0 aromatic heterocycles. The van der Waals surface area contributed by atoms with Crippen molar-refractivity contribution in [1.82, 2.24) is 0 Å². The Balaban J connectivity index is 2.32. The smallest absolute Gasteiger partial charge is 0.168 e. The summed E-state index contributed by atoms with van der Waals surface area (Å²) in [6, 6.07) is 0. The van der Waals surface area contributed by atoms with Gasteiger partial charge >= 0.3 is 0 Å². The van der Waals surface area contributed by atoms with Gasteiger partial charge in [0.2, 0.25) is 0 Å². The topological polar surface area (TPSA) is 18.5 Å². The van der Waals surface area contributed by atoms with Gasteiger partial charge in [-0.15, -0.1) is 0 Å². The second-order valence-corrected chi connectivity index (χ2v) is 3.96. The van der Waals surface area contributed by atoms with E-state index in [9.17, 15) is 0 Å². The molecule has 2 atom stereocenters. The van der Waals surface area contributed by atoms with Crippen molar-refractivity contribution in [2.45, 2.75) is 64.8 Å². The number of unbranched alkanes of at least 4 members (excludes halogenated alkanes) is 2. The average Bonchev–Trinajstić information content (AvgIpc) is 2.49. The lowest BCUT2D eigenvalue weighted by atomic mass is 10.1. The van der Waals surface area contributed by atoms with E-state index in [0.717, 1.165) is 19.4 Å². The Kier molecular flexibility index (Phi) is 4.20. The summed E-state index contributed by atoms with van der Waals surface area (Å²) in [5.41, 5.74) is 0. The summed E-state index contributed by atoms with van der Waals surface area (Å²) in [5, 5.41) is 0. The Morgan fingerprint density at radius 2 is 2.08 bits per heavy atom. The zero-order valence-electron chi connectivity index (χ0n) is 9.14. The Labute approximate surface area is 81.6 Å². The number of rotatable bonds is 5. The Bertz CT molecular complexity index is 147. The van der Waals surface area contributed by atoms with Crippen LogP contribution in [0.5, 0.6) is 0 Å². The number of hydrogen-bond donors (Lipinski definition) is 0. The van der Waals surface area contributed by atoms with Gasteiger partial charge in [-0.1, -0.05) is 26.7 Å². The molecule has 1 heterocycles. The van der Waals surface area contributed by atoms with E-state index in [2.05, 4.69) is 20.8 Å². The molecule has 0 saturated carbocycles. The molecule has 0 radical (unpaired) electrons. The molecule has 13 heavy (non-hydrogen) atoms. The third kappa shape index (κ3) is 2.96. The Hall–Kier alpha value is -0.0800. The summed E-state index contributed by atoms with van der Waals surface area (Å²) in [4.78, 5) is 0. The summed E-state index contributed by atoms with van der Waals surface area (Å²) >= 11 is 0. The van der Waals surface area contributed by atoms with Crippen molar-refractivity contribution in [3.05, 3.63) is 0 Å². The minimum atomic E-state index is -0.241. The highest BCUT2D eigenvalue weighted by molar-refractivity contribution is 4.75. The molecule has 0 aromatic carbocycles. The minimum Gasteiger partial charge on any atom is -0.347 e. The SMILES string of the molecule is CCCCCC1(CC)OCC(C)O1. The van der Waals surface area contributed by atoms with Crippen molar-refractivity contribution in [3.8, 4) is 0 Å². The monoisotopic (exact) mass is 186 g/mol. The molecule has 78 valence electrons. The first-order valence-corrected chi connectivity index (χ1v) is 5.54. The first kappa shape index (κ1) is 11.0. The van der Waals surface area contributed by atoms with Crippen LogP contribution in [0, 0.1) is 0 Å². The molecule has 1 rings (SSSR count). The quantitative estimate of drug-likeness (QED) is 0.614. The van der Waals surface area contributed by atoms with Crippen molar-refractivity contribution in [3.63, 3.8) is 0 Å². The number of ether oxygens (including phenoxy) is 2. The lowest BCUT2D eigenvalue weighted by Gasteiger charge is -2.26.